The zero-order valence-corrected chi connectivity index (χ0v) is 12.5. The Bertz CT molecular complexity index is 449. The van der Waals surface area contributed by atoms with Gasteiger partial charge in [0.1, 0.15) is 0 Å². The summed E-state index contributed by atoms with van der Waals surface area (Å²) in [6, 6.07) is 9.13. The van der Waals surface area contributed by atoms with E-state index in [4.69, 9.17) is 5.11 Å². The van der Waals surface area contributed by atoms with Crippen LogP contribution in [0.25, 0.3) is 0 Å². The Labute approximate surface area is 125 Å². The van der Waals surface area contributed by atoms with E-state index in [1.807, 2.05) is 44.2 Å². The third-order valence-electron chi connectivity index (χ3n) is 2.71. The molecule has 1 rings (SSSR count). The van der Waals surface area contributed by atoms with Crippen molar-refractivity contribution in [3.8, 4) is 0 Å². The Kier molecular flexibility index (Phi) is 7.42. The second kappa shape index (κ2) is 9.10. The van der Waals surface area contributed by atoms with Crippen LogP contribution < -0.4 is 10.6 Å². The maximum absolute atomic E-state index is 11.8. The van der Waals surface area contributed by atoms with Gasteiger partial charge < -0.3 is 10.4 Å². The number of benzene rings is 1. The van der Waals surface area contributed by atoms with Gasteiger partial charge in [-0.2, -0.15) is 0 Å². The minimum atomic E-state index is -0.501. The molecule has 1 aromatic rings. The number of carbonyl (C=O) groups is 2. The van der Waals surface area contributed by atoms with Crippen molar-refractivity contribution in [1.29, 1.82) is 0 Å². The first-order chi connectivity index (χ1) is 10.0. The predicted octanol–water partition coefficient (Wildman–Crippen LogP) is 0.715. The highest BCUT2D eigenvalue weighted by Crippen LogP contribution is 2.03. The van der Waals surface area contributed by atoms with Gasteiger partial charge in [0.2, 0.25) is 5.91 Å². The van der Waals surface area contributed by atoms with Crippen LogP contribution in [0.1, 0.15) is 19.4 Å². The van der Waals surface area contributed by atoms with Crippen molar-refractivity contribution < 1.29 is 14.7 Å². The van der Waals surface area contributed by atoms with E-state index in [2.05, 4.69) is 10.6 Å². The van der Waals surface area contributed by atoms with E-state index in [0.29, 0.717) is 13.1 Å². The molecule has 6 heteroatoms. The largest absolute Gasteiger partial charge is 0.395 e. The monoisotopic (exact) mass is 293 g/mol. The van der Waals surface area contributed by atoms with Crippen LogP contribution in [0.3, 0.4) is 0 Å². The number of aliphatic hydroxyl groups excluding tert-OH is 1. The van der Waals surface area contributed by atoms with E-state index < -0.39 is 11.9 Å². The van der Waals surface area contributed by atoms with Gasteiger partial charge in [-0.3, -0.25) is 15.0 Å². The van der Waals surface area contributed by atoms with E-state index in [1.165, 1.54) is 0 Å². The molecule has 0 spiro atoms. The third-order valence-corrected chi connectivity index (χ3v) is 2.71. The molecule has 0 radical (unpaired) electrons. The lowest BCUT2D eigenvalue weighted by molar-refractivity contribution is -0.121. The molecule has 0 saturated heterocycles. The van der Waals surface area contributed by atoms with Crippen LogP contribution in [0.2, 0.25) is 0 Å². The molecule has 3 N–H and O–H groups in total. The number of imide groups is 1. The summed E-state index contributed by atoms with van der Waals surface area (Å²) in [5.41, 5.74) is 1.05. The zero-order valence-electron chi connectivity index (χ0n) is 12.5. The van der Waals surface area contributed by atoms with Crippen LogP contribution >= 0.6 is 0 Å². The lowest BCUT2D eigenvalue weighted by Gasteiger charge is -2.20. The second-order valence-corrected chi connectivity index (χ2v) is 5.10. The summed E-state index contributed by atoms with van der Waals surface area (Å²) < 4.78 is 0. The van der Waals surface area contributed by atoms with Gasteiger partial charge in [0.25, 0.3) is 0 Å². The molecule has 0 aliphatic carbocycles. The summed E-state index contributed by atoms with van der Waals surface area (Å²) in [5, 5.41) is 13.9. The van der Waals surface area contributed by atoms with Crippen molar-refractivity contribution in [3.05, 3.63) is 35.9 Å². The first-order valence-electron chi connectivity index (χ1n) is 6.98. The Morgan fingerprint density at radius 2 is 1.90 bits per heavy atom. The average molecular weight is 293 g/mol. The standard InChI is InChI=1S/C15H23N3O3/c1-12(2)16-15(21)17-14(20)11-18(8-9-19)10-13-6-4-3-5-7-13/h3-7,12,19H,8-11H2,1-2H3,(H2,16,17,20,21). The summed E-state index contributed by atoms with van der Waals surface area (Å²) in [7, 11) is 0. The second-order valence-electron chi connectivity index (χ2n) is 5.10. The van der Waals surface area contributed by atoms with E-state index in [0.717, 1.165) is 5.56 Å². The molecular formula is C15H23N3O3. The Morgan fingerprint density at radius 3 is 2.48 bits per heavy atom. The molecule has 0 bridgehead atoms. The fourth-order valence-corrected chi connectivity index (χ4v) is 1.86. The lowest BCUT2D eigenvalue weighted by Crippen LogP contribution is -2.46. The molecule has 0 aliphatic heterocycles. The van der Waals surface area contributed by atoms with Crippen LogP contribution in [0.5, 0.6) is 0 Å². The summed E-state index contributed by atoms with van der Waals surface area (Å²) in [5.74, 6) is -0.391. The highest BCUT2D eigenvalue weighted by atomic mass is 16.3. The Morgan fingerprint density at radius 1 is 1.24 bits per heavy atom. The van der Waals surface area contributed by atoms with E-state index in [1.54, 1.807) is 4.90 Å². The summed E-state index contributed by atoms with van der Waals surface area (Å²) >= 11 is 0. The number of hydrogen-bond donors (Lipinski definition) is 3. The first kappa shape index (κ1) is 17.1. The van der Waals surface area contributed by atoms with Gasteiger partial charge in [-0.15, -0.1) is 0 Å². The van der Waals surface area contributed by atoms with Crippen LogP contribution in [-0.4, -0.2) is 47.7 Å². The van der Waals surface area contributed by atoms with Crippen LogP contribution in [0.4, 0.5) is 4.79 Å². The van der Waals surface area contributed by atoms with Gasteiger partial charge in [-0.25, -0.2) is 4.79 Å². The summed E-state index contributed by atoms with van der Waals surface area (Å²) in [6.45, 7) is 4.56. The van der Waals surface area contributed by atoms with E-state index >= 15 is 0 Å². The number of amides is 3. The van der Waals surface area contributed by atoms with Gasteiger partial charge in [0.05, 0.1) is 13.2 Å². The van der Waals surface area contributed by atoms with E-state index in [9.17, 15) is 9.59 Å². The molecule has 0 heterocycles. The van der Waals surface area contributed by atoms with Crippen molar-refractivity contribution in [2.45, 2.75) is 26.4 Å². The first-order valence-corrected chi connectivity index (χ1v) is 6.98. The number of rotatable bonds is 7. The topological polar surface area (TPSA) is 81.7 Å². The molecule has 0 aromatic heterocycles. The van der Waals surface area contributed by atoms with Crippen LogP contribution in [0.15, 0.2) is 30.3 Å². The molecular weight excluding hydrogens is 270 g/mol. The number of aliphatic hydroxyl groups is 1. The highest BCUT2D eigenvalue weighted by Gasteiger charge is 2.13. The molecule has 116 valence electrons. The molecule has 3 amide bonds. The summed E-state index contributed by atoms with van der Waals surface area (Å²) in [4.78, 5) is 25.1. The molecule has 21 heavy (non-hydrogen) atoms. The van der Waals surface area contributed by atoms with Crippen molar-refractivity contribution >= 4 is 11.9 Å². The van der Waals surface area contributed by atoms with Crippen molar-refractivity contribution in [2.75, 3.05) is 19.7 Å². The van der Waals surface area contributed by atoms with Gasteiger partial charge >= 0.3 is 6.03 Å². The number of urea groups is 1. The minimum Gasteiger partial charge on any atom is -0.395 e. The average Bonchev–Trinajstić information content (AvgIpc) is 2.38. The van der Waals surface area contributed by atoms with Gasteiger partial charge in [-0.1, -0.05) is 30.3 Å². The fourth-order valence-electron chi connectivity index (χ4n) is 1.86. The molecule has 0 atom stereocenters. The predicted molar refractivity (Wildman–Crippen MR) is 80.6 cm³/mol. The number of nitrogens with zero attached hydrogens (tertiary/aromatic N) is 1. The van der Waals surface area contributed by atoms with Gasteiger partial charge in [-0.05, 0) is 19.4 Å². The van der Waals surface area contributed by atoms with Crippen LogP contribution in [-0.2, 0) is 11.3 Å². The summed E-state index contributed by atoms with van der Waals surface area (Å²) in [6.07, 6.45) is 0. The Balaban J connectivity index is 2.50. The normalized spacial score (nSPS) is 10.7. The molecule has 0 saturated carbocycles. The number of carbonyl (C=O) groups excluding carboxylic acids is 2. The maximum Gasteiger partial charge on any atom is 0.321 e. The third kappa shape index (κ3) is 7.43. The Hall–Kier alpha value is -1.92. The molecule has 0 aliphatic rings. The maximum atomic E-state index is 11.8. The van der Waals surface area contributed by atoms with Crippen molar-refractivity contribution in [1.82, 2.24) is 15.5 Å². The number of nitrogens with one attached hydrogen (secondary N) is 2. The lowest BCUT2D eigenvalue weighted by atomic mass is 10.2. The molecule has 0 fully saturated rings. The molecule has 1 aromatic carbocycles. The van der Waals surface area contributed by atoms with Gasteiger partial charge in [0.15, 0.2) is 0 Å². The smallest absolute Gasteiger partial charge is 0.321 e. The minimum absolute atomic E-state index is 0.0318. The highest BCUT2D eigenvalue weighted by molar-refractivity contribution is 5.95. The fraction of sp³-hybridized carbons (Fsp3) is 0.467. The zero-order chi connectivity index (χ0) is 15.7. The molecule has 0 unspecified atom stereocenters. The quantitative estimate of drug-likeness (QED) is 0.692. The van der Waals surface area contributed by atoms with Crippen LogP contribution in [0, 0.1) is 0 Å². The van der Waals surface area contributed by atoms with Crippen molar-refractivity contribution in [2.24, 2.45) is 0 Å². The van der Waals surface area contributed by atoms with Crippen molar-refractivity contribution in [3.63, 3.8) is 0 Å². The van der Waals surface area contributed by atoms with Gasteiger partial charge in [0, 0.05) is 19.1 Å². The molecule has 6 nitrogen and oxygen atoms in total. The number of hydrogen-bond acceptors (Lipinski definition) is 4. The SMILES string of the molecule is CC(C)NC(=O)NC(=O)CN(CCO)Cc1ccccc1. The van der Waals surface area contributed by atoms with E-state index in [-0.39, 0.29) is 19.2 Å².